The fourth-order valence-electron chi connectivity index (χ4n) is 5.13. The third-order valence-corrected chi connectivity index (χ3v) is 8.57. The number of hydrogen-bond donors (Lipinski definition) is 2. The van der Waals surface area contributed by atoms with Crippen LogP contribution in [-0.4, -0.2) is 88.7 Å². The number of ether oxygens (including phenoxy) is 1. The fourth-order valence-corrected chi connectivity index (χ4v) is 6.19. The summed E-state index contributed by atoms with van der Waals surface area (Å²) in [5, 5.41) is 13.6. The number of fused-ring (bicyclic) bond motifs is 3. The molecule has 2 N–H and O–H groups in total. The smallest absolute Gasteiger partial charge is 0.329 e. The highest BCUT2D eigenvalue weighted by Crippen LogP contribution is 2.48. The standard InChI is InChI=1S/C31H45N3O7S/c1-19(2)28-21(4)12-13-25(37)32-14-8-10-20(3)16-22(35)17-23(36)18-26-33-27(31(40-26)42(5,6)7)29(38)34-15-9-11-24(34)30(39)41-28/h8,10,12-13,16,19,21-22,24,28,35H,9,11,14-15,17-18H2,1-7H3,(H,32,37)/b10-8+,13-12+,20-16+. The normalized spacial score (nSPS) is 28.9. The fraction of sp³-hybridized carbons (Fsp3) is 0.581. The molecule has 0 radical (unpaired) electrons. The second kappa shape index (κ2) is 14.3. The minimum absolute atomic E-state index is 0.0310. The van der Waals surface area contributed by atoms with Gasteiger partial charge in [-0.15, -0.1) is 0 Å². The van der Waals surface area contributed by atoms with Crippen LogP contribution in [-0.2, 0) is 25.5 Å². The number of aromatic nitrogens is 1. The first-order chi connectivity index (χ1) is 19.7. The van der Waals surface area contributed by atoms with Gasteiger partial charge in [-0.1, -0.05) is 50.6 Å². The van der Waals surface area contributed by atoms with E-state index in [4.69, 9.17) is 9.15 Å². The molecule has 0 aliphatic carbocycles. The number of hydrogen-bond acceptors (Lipinski definition) is 8. The molecule has 2 bridgehead atoms. The predicted octanol–water partition coefficient (Wildman–Crippen LogP) is 3.59. The molecule has 10 nitrogen and oxygen atoms in total. The Hall–Kier alpha value is -3.18. The Kier molecular flexibility index (Phi) is 11.4. The van der Waals surface area contributed by atoms with Crippen molar-refractivity contribution in [3.05, 3.63) is 47.5 Å². The van der Waals surface area contributed by atoms with Crippen molar-refractivity contribution in [2.75, 3.05) is 31.9 Å². The van der Waals surface area contributed by atoms with E-state index in [0.717, 1.165) is 5.57 Å². The number of amides is 2. The quantitative estimate of drug-likeness (QED) is 0.489. The number of rotatable bonds is 2. The van der Waals surface area contributed by atoms with Crippen molar-refractivity contribution in [3.8, 4) is 0 Å². The summed E-state index contributed by atoms with van der Waals surface area (Å²) in [6, 6.07) is -0.776. The van der Waals surface area contributed by atoms with Crippen LogP contribution in [0.25, 0.3) is 0 Å². The Balaban J connectivity index is 1.98. The Bertz CT molecular complexity index is 1260. The minimum atomic E-state index is -1.57. The lowest BCUT2D eigenvalue weighted by Crippen LogP contribution is -2.44. The molecular weight excluding hydrogens is 558 g/mol. The number of aliphatic hydroxyl groups excluding tert-OH is 1. The van der Waals surface area contributed by atoms with Gasteiger partial charge in [0.05, 0.1) is 12.5 Å². The van der Waals surface area contributed by atoms with Crippen LogP contribution in [0, 0.1) is 11.8 Å². The number of carbonyl (C=O) groups excluding carboxylic acids is 4. The zero-order valence-corrected chi connectivity index (χ0v) is 26.5. The SMILES string of the molecule is CC1=C\C(O)CC(=O)Cc2nc(c(S(C)(C)C)o2)C(=O)N2CCCC2C(=O)OC(C(C)C)C(C)/C=C/C(=O)NC\C=C\1. The second-order valence-electron chi connectivity index (χ2n) is 12.1. The van der Waals surface area contributed by atoms with E-state index in [9.17, 15) is 24.3 Å². The highest BCUT2D eigenvalue weighted by molar-refractivity contribution is 8.32. The number of ketones is 1. The summed E-state index contributed by atoms with van der Waals surface area (Å²) >= 11 is 0. The van der Waals surface area contributed by atoms with Gasteiger partial charge in [0.2, 0.25) is 11.8 Å². The minimum Gasteiger partial charge on any atom is -0.460 e. The maximum absolute atomic E-state index is 13.8. The number of aliphatic hydroxyl groups is 1. The molecule has 1 aromatic rings. The van der Waals surface area contributed by atoms with Crippen LogP contribution < -0.4 is 5.32 Å². The Morgan fingerprint density at radius 3 is 2.52 bits per heavy atom. The predicted molar refractivity (Wildman–Crippen MR) is 162 cm³/mol. The zero-order valence-electron chi connectivity index (χ0n) is 25.7. The Labute approximate surface area is 250 Å². The van der Waals surface area contributed by atoms with Gasteiger partial charge in [0.25, 0.3) is 5.91 Å². The molecule has 3 heterocycles. The molecule has 232 valence electrons. The van der Waals surface area contributed by atoms with E-state index in [1.807, 2.05) is 39.5 Å². The molecular formula is C31H45N3O7S. The summed E-state index contributed by atoms with van der Waals surface area (Å²) in [5.74, 6) is -1.67. The summed E-state index contributed by atoms with van der Waals surface area (Å²) in [6.45, 7) is 8.21. The van der Waals surface area contributed by atoms with Crippen LogP contribution in [0.3, 0.4) is 0 Å². The van der Waals surface area contributed by atoms with Gasteiger partial charge in [-0.25, -0.2) is 9.78 Å². The number of nitrogens with one attached hydrogen (secondary N) is 1. The van der Waals surface area contributed by atoms with Crippen LogP contribution in [0.15, 0.2) is 45.5 Å². The Morgan fingerprint density at radius 1 is 1.14 bits per heavy atom. The van der Waals surface area contributed by atoms with Crippen molar-refractivity contribution < 1.29 is 33.4 Å². The highest BCUT2D eigenvalue weighted by Gasteiger charge is 2.40. The van der Waals surface area contributed by atoms with E-state index in [0.29, 0.717) is 24.5 Å². The molecule has 2 aliphatic rings. The van der Waals surface area contributed by atoms with Crippen LogP contribution >= 0.6 is 10.0 Å². The van der Waals surface area contributed by atoms with Gasteiger partial charge in [-0.3, -0.25) is 14.4 Å². The first-order valence-electron chi connectivity index (χ1n) is 14.4. The van der Waals surface area contributed by atoms with E-state index < -0.39 is 40.2 Å². The molecule has 42 heavy (non-hydrogen) atoms. The Morgan fingerprint density at radius 2 is 1.86 bits per heavy atom. The van der Waals surface area contributed by atoms with Crippen molar-refractivity contribution in [2.24, 2.45) is 11.8 Å². The van der Waals surface area contributed by atoms with Gasteiger partial charge in [-0.05, 0) is 50.5 Å². The topological polar surface area (TPSA) is 139 Å². The first kappa shape index (κ1) is 33.3. The summed E-state index contributed by atoms with van der Waals surface area (Å²) in [6.07, 6.45) is 13.4. The number of Topliss-reactive ketones (excluding diaryl/α,β-unsaturated/α-hetero) is 1. The molecule has 1 fully saturated rings. The lowest BCUT2D eigenvalue weighted by molar-refractivity contribution is -0.158. The maximum atomic E-state index is 13.8. The van der Waals surface area contributed by atoms with Crippen LogP contribution in [0.4, 0.5) is 0 Å². The summed E-state index contributed by atoms with van der Waals surface area (Å²) in [7, 11) is -1.57. The van der Waals surface area contributed by atoms with Gasteiger partial charge in [0.15, 0.2) is 10.8 Å². The largest absolute Gasteiger partial charge is 0.460 e. The number of nitrogens with zero attached hydrogens (tertiary/aromatic N) is 2. The number of allylic oxidation sites excluding steroid dienone is 2. The van der Waals surface area contributed by atoms with Crippen molar-refractivity contribution in [3.63, 3.8) is 0 Å². The molecule has 0 spiro atoms. The van der Waals surface area contributed by atoms with Crippen LogP contribution in [0.1, 0.15) is 63.3 Å². The molecule has 1 saturated heterocycles. The van der Waals surface area contributed by atoms with Crippen molar-refractivity contribution in [1.82, 2.24) is 15.2 Å². The van der Waals surface area contributed by atoms with Crippen molar-refractivity contribution in [1.29, 1.82) is 0 Å². The van der Waals surface area contributed by atoms with Crippen LogP contribution in [0.2, 0.25) is 0 Å². The lowest BCUT2D eigenvalue weighted by atomic mass is 9.94. The lowest BCUT2D eigenvalue weighted by Gasteiger charge is -2.30. The number of carbonyl (C=O) groups is 4. The third-order valence-electron chi connectivity index (χ3n) is 7.18. The van der Waals surface area contributed by atoms with Gasteiger partial charge in [0.1, 0.15) is 17.9 Å². The molecule has 0 saturated carbocycles. The molecule has 2 amide bonds. The van der Waals surface area contributed by atoms with E-state index >= 15 is 0 Å². The molecule has 0 aromatic carbocycles. The summed E-state index contributed by atoms with van der Waals surface area (Å²) in [4.78, 5) is 58.4. The van der Waals surface area contributed by atoms with Gasteiger partial charge >= 0.3 is 5.97 Å². The van der Waals surface area contributed by atoms with Gasteiger partial charge in [0, 0.05) is 25.4 Å². The maximum Gasteiger partial charge on any atom is 0.329 e. The number of oxazole rings is 1. The summed E-state index contributed by atoms with van der Waals surface area (Å²) < 4.78 is 12.0. The van der Waals surface area contributed by atoms with E-state index in [1.165, 1.54) is 11.0 Å². The molecule has 3 rings (SSSR count). The van der Waals surface area contributed by atoms with E-state index in [1.54, 1.807) is 31.2 Å². The van der Waals surface area contributed by atoms with Crippen LogP contribution in [0.5, 0.6) is 0 Å². The highest BCUT2D eigenvalue weighted by atomic mass is 32.3. The van der Waals surface area contributed by atoms with Gasteiger partial charge in [-0.2, -0.15) is 10.0 Å². The van der Waals surface area contributed by atoms with E-state index in [2.05, 4.69) is 10.3 Å². The third kappa shape index (κ3) is 8.91. The summed E-state index contributed by atoms with van der Waals surface area (Å²) in [5.41, 5.74) is 0.846. The average molecular weight is 604 g/mol. The number of cyclic esters (lactones) is 1. The van der Waals surface area contributed by atoms with Crippen molar-refractivity contribution in [2.45, 2.75) is 76.7 Å². The van der Waals surface area contributed by atoms with E-state index in [-0.39, 0.29) is 54.5 Å². The zero-order chi connectivity index (χ0) is 31.2. The first-order valence-corrected chi connectivity index (χ1v) is 17.2. The number of esters is 1. The molecule has 1 aromatic heterocycles. The molecule has 4 atom stereocenters. The van der Waals surface area contributed by atoms with Crippen molar-refractivity contribution >= 4 is 33.6 Å². The molecule has 2 aliphatic heterocycles. The molecule has 11 heteroatoms. The monoisotopic (exact) mass is 603 g/mol. The second-order valence-corrected chi connectivity index (χ2v) is 16.2. The average Bonchev–Trinajstić information content (AvgIpc) is 3.54. The molecule has 4 unspecified atom stereocenters. The van der Waals surface area contributed by atoms with Gasteiger partial charge < -0.3 is 24.5 Å².